The molecule has 1 heterocycles. The smallest absolute Gasteiger partial charge is 0.317 e. The highest BCUT2D eigenvalue weighted by Crippen LogP contribution is 2.28. The van der Waals surface area contributed by atoms with Crippen molar-refractivity contribution in [2.45, 2.75) is 38.4 Å². The molecule has 2 N–H and O–H groups in total. The third kappa shape index (κ3) is 4.79. The predicted molar refractivity (Wildman–Crippen MR) is 101 cm³/mol. The van der Waals surface area contributed by atoms with Gasteiger partial charge in [0.2, 0.25) is 0 Å². The van der Waals surface area contributed by atoms with E-state index in [-0.39, 0.29) is 6.54 Å². The second kappa shape index (κ2) is 8.27. The highest BCUT2D eigenvalue weighted by molar-refractivity contribution is 7.15. The van der Waals surface area contributed by atoms with Gasteiger partial charge < -0.3 is 10.4 Å². The number of nitrogens with one attached hydrogen (secondary N) is 1. The molecule has 5 nitrogen and oxygen atoms in total. The number of carboxylic acids is 1. The molecule has 2 aromatic rings. The highest BCUT2D eigenvalue weighted by atomic mass is 35.5. The molecule has 0 radical (unpaired) electrons. The fourth-order valence-corrected chi connectivity index (χ4v) is 4.08. The lowest BCUT2D eigenvalue weighted by Crippen LogP contribution is -2.53. The Kier molecular flexibility index (Phi) is 6.06. The second-order valence-electron chi connectivity index (χ2n) is 6.30. The molecule has 1 aliphatic carbocycles. The van der Waals surface area contributed by atoms with Crippen LogP contribution in [0, 0.1) is 0 Å². The number of thiazole rings is 1. The lowest BCUT2D eigenvalue weighted by molar-refractivity contribution is -0.139. The van der Waals surface area contributed by atoms with Crippen LogP contribution in [0.4, 0.5) is 0 Å². The second-order valence-corrected chi connectivity index (χ2v) is 7.85. The maximum absolute atomic E-state index is 10.9. The molecule has 0 atom stereocenters. The first-order chi connectivity index (χ1) is 12.0. The lowest BCUT2D eigenvalue weighted by atomic mass is 9.85. The first-order valence-electron chi connectivity index (χ1n) is 8.45. The van der Waals surface area contributed by atoms with Gasteiger partial charge in [0.05, 0.1) is 6.54 Å². The van der Waals surface area contributed by atoms with Gasteiger partial charge in [-0.15, -0.1) is 11.3 Å². The predicted octanol–water partition coefficient (Wildman–Crippen LogP) is 3.49. The summed E-state index contributed by atoms with van der Waals surface area (Å²) in [5, 5.41) is 14.2. The third-order valence-electron chi connectivity index (χ3n) is 4.58. The van der Waals surface area contributed by atoms with Crippen molar-refractivity contribution in [2.75, 3.05) is 13.1 Å². The van der Waals surface area contributed by atoms with Crippen molar-refractivity contribution in [1.82, 2.24) is 15.2 Å². The van der Waals surface area contributed by atoms with Gasteiger partial charge >= 0.3 is 5.97 Å². The summed E-state index contributed by atoms with van der Waals surface area (Å²) < 4.78 is 0. The standard InChI is InChI=1S/C18H22ClN3O2S/c1-2-22(11-17(23)24)15-7-14(8-15)20-9-16-10-21-18(25-16)12-3-5-13(19)6-4-12/h3-6,10,14-15,20H,2,7-9,11H2,1H3,(H,23,24). The Hall–Kier alpha value is -1.47. The van der Waals surface area contributed by atoms with E-state index in [1.165, 1.54) is 4.88 Å². The van der Waals surface area contributed by atoms with Crippen molar-refractivity contribution in [3.05, 3.63) is 40.4 Å². The van der Waals surface area contributed by atoms with Crippen LogP contribution in [-0.2, 0) is 11.3 Å². The average molecular weight is 380 g/mol. The molecule has 1 aromatic carbocycles. The summed E-state index contributed by atoms with van der Waals surface area (Å²) in [5.74, 6) is -0.752. The van der Waals surface area contributed by atoms with Crippen LogP contribution in [0.1, 0.15) is 24.6 Å². The van der Waals surface area contributed by atoms with E-state index < -0.39 is 5.97 Å². The van der Waals surface area contributed by atoms with E-state index in [9.17, 15) is 4.79 Å². The maximum Gasteiger partial charge on any atom is 0.317 e. The fourth-order valence-electron chi connectivity index (χ4n) is 3.09. The van der Waals surface area contributed by atoms with Crippen molar-refractivity contribution in [3.63, 3.8) is 0 Å². The molecule has 0 aliphatic heterocycles. The number of halogens is 1. The molecule has 0 bridgehead atoms. The first-order valence-corrected chi connectivity index (χ1v) is 9.64. The molecule has 1 fully saturated rings. The number of carbonyl (C=O) groups is 1. The van der Waals surface area contributed by atoms with Crippen molar-refractivity contribution >= 4 is 28.9 Å². The van der Waals surface area contributed by atoms with Gasteiger partial charge in [0.15, 0.2) is 0 Å². The van der Waals surface area contributed by atoms with Gasteiger partial charge in [-0.05, 0) is 31.5 Å². The summed E-state index contributed by atoms with van der Waals surface area (Å²) in [5.41, 5.74) is 1.08. The molecule has 25 heavy (non-hydrogen) atoms. The van der Waals surface area contributed by atoms with Crippen LogP contribution in [0.5, 0.6) is 0 Å². The highest BCUT2D eigenvalue weighted by Gasteiger charge is 2.33. The van der Waals surface area contributed by atoms with Gasteiger partial charge in [-0.3, -0.25) is 9.69 Å². The number of hydrogen-bond acceptors (Lipinski definition) is 5. The zero-order valence-corrected chi connectivity index (χ0v) is 15.7. The number of likely N-dealkylation sites (N-methyl/N-ethyl adjacent to an activating group) is 1. The van der Waals surface area contributed by atoms with Gasteiger partial charge in [-0.1, -0.05) is 30.7 Å². The third-order valence-corrected chi connectivity index (χ3v) is 5.88. The molecule has 0 unspecified atom stereocenters. The molecular weight excluding hydrogens is 358 g/mol. The minimum Gasteiger partial charge on any atom is -0.480 e. The lowest BCUT2D eigenvalue weighted by Gasteiger charge is -2.42. The number of aromatic nitrogens is 1. The zero-order chi connectivity index (χ0) is 17.8. The summed E-state index contributed by atoms with van der Waals surface area (Å²) in [7, 11) is 0. The molecule has 7 heteroatoms. The average Bonchev–Trinajstić information content (AvgIpc) is 3.01. The van der Waals surface area contributed by atoms with Crippen molar-refractivity contribution in [1.29, 1.82) is 0 Å². The van der Waals surface area contributed by atoms with Crippen molar-refractivity contribution < 1.29 is 9.90 Å². The molecular formula is C18H22ClN3O2S. The monoisotopic (exact) mass is 379 g/mol. The minimum absolute atomic E-state index is 0.132. The van der Waals surface area contributed by atoms with Gasteiger partial charge in [0.1, 0.15) is 5.01 Å². The first kappa shape index (κ1) is 18.3. The summed E-state index contributed by atoms with van der Waals surface area (Å²) >= 11 is 7.60. The van der Waals surface area contributed by atoms with Crippen LogP contribution in [0.15, 0.2) is 30.5 Å². The molecule has 0 amide bonds. The fraction of sp³-hybridized carbons (Fsp3) is 0.444. The van der Waals surface area contributed by atoms with E-state index in [1.807, 2.05) is 42.3 Å². The maximum atomic E-state index is 10.9. The summed E-state index contributed by atoms with van der Waals surface area (Å²) in [4.78, 5) is 18.6. The van der Waals surface area contributed by atoms with Gasteiger partial charge in [-0.25, -0.2) is 4.98 Å². The Balaban J connectivity index is 1.46. The van der Waals surface area contributed by atoms with E-state index in [4.69, 9.17) is 16.7 Å². The number of nitrogens with zero attached hydrogens (tertiary/aromatic N) is 2. The quantitative estimate of drug-likeness (QED) is 0.735. The molecule has 0 saturated heterocycles. The Morgan fingerprint density at radius 2 is 2.12 bits per heavy atom. The number of rotatable bonds is 8. The molecule has 1 aliphatic rings. The topological polar surface area (TPSA) is 65.5 Å². The number of benzene rings is 1. The molecule has 1 saturated carbocycles. The summed E-state index contributed by atoms with van der Waals surface area (Å²) in [6.45, 7) is 3.73. The SMILES string of the molecule is CCN(CC(=O)O)C1CC(NCc2cnc(-c3ccc(Cl)cc3)s2)C1. The number of hydrogen-bond donors (Lipinski definition) is 2. The molecule has 0 spiro atoms. The van der Waals surface area contributed by atoms with E-state index in [1.54, 1.807) is 11.3 Å². The largest absolute Gasteiger partial charge is 0.480 e. The van der Waals surface area contributed by atoms with E-state index in [0.29, 0.717) is 12.1 Å². The van der Waals surface area contributed by atoms with E-state index >= 15 is 0 Å². The van der Waals surface area contributed by atoms with Crippen LogP contribution in [0.2, 0.25) is 5.02 Å². The van der Waals surface area contributed by atoms with Crippen molar-refractivity contribution in [3.8, 4) is 10.6 Å². The Bertz CT molecular complexity index is 713. The van der Waals surface area contributed by atoms with E-state index in [0.717, 1.165) is 41.5 Å². The normalized spacial score (nSPS) is 19.8. The van der Waals surface area contributed by atoms with Gasteiger partial charge in [0.25, 0.3) is 0 Å². The van der Waals surface area contributed by atoms with Crippen molar-refractivity contribution in [2.24, 2.45) is 0 Å². The number of carboxylic acid groups (broad SMARTS) is 1. The van der Waals surface area contributed by atoms with Gasteiger partial charge in [0, 0.05) is 40.3 Å². The van der Waals surface area contributed by atoms with Crippen LogP contribution < -0.4 is 5.32 Å². The number of aliphatic carboxylic acids is 1. The summed E-state index contributed by atoms with van der Waals surface area (Å²) in [6.07, 6.45) is 3.93. The Labute approximate surface area is 156 Å². The van der Waals surface area contributed by atoms with Crippen LogP contribution in [0.25, 0.3) is 10.6 Å². The van der Waals surface area contributed by atoms with Crippen LogP contribution in [-0.4, -0.2) is 46.1 Å². The van der Waals surface area contributed by atoms with Gasteiger partial charge in [-0.2, -0.15) is 0 Å². The summed E-state index contributed by atoms with van der Waals surface area (Å²) in [6, 6.07) is 8.55. The molecule has 1 aromatic heterocycles. The van der Waals surface area contributed by atoms with Crippen LogP contribution >= 0.6 is 22.9 Å². The zero-order valence-electron chi connectivity index (χ0n) is 14.1. The van der Waals surface area contributed by atoms with E-state index in [2.05, 4.69) is 10.3 Å². The Morgan fingerprint density at radius 3 is 2.76 bits per heavy atom. The molecule has 134 valence electrons. The Morgan fingerprint density at radius 1 is 1.40 bits per heavy atom. The molecule has 3 rings (SSSR count). The minimum atomic E-state index is -0.752. The van der Waals surface area contributed by atoms with Crippen LogP contribution in [0.3, 0.4) is 0 Å².